The van der Waals surface area contributed by atoms with Gasteiger partial charge in [-0.05, 0) is 55.3 Å². The van der Waals surface area contributed by atoms with E-state index in [4.69, 9.17) is 16.6 Å². The number of thiophene rings is 1. The molecule has 9 heteroatoms. The zero-order valence-electron chi connectivity index (χ0n) is 14.9. The van der Waals surface area contributed by atoms with Crippen molar-refractivity contribution in [2.75, 3.05) is 12.0 Å². The lowest BCUT2D eigenvalue weighted by molar-refractivity contribution is 0.102. The van der Waals surface area contributed by atoms with Crippen molar-refractivity contribution >= 4 is 68.1 Å². The van der Waals surface area contributed by atoms with Crippen LogP contribution in [0.15, 0.2) is 34.6 Å². The smallest absolute Gasteiger partial charge is 0.198 e. The molecule has 5 nitrogen and oxygen atoms in total. The predicted octanol–water partition coefficient (Wildman–Crippen LogP) is 5.18. The topological polar surface area (TPSA) is 60.2 Å². The van der Waals surface area contributed by atoms with Gasteiger partial charge in [-0.3, -0.25) is 4.79 Å². The number of carbonyl (C=O) groups is 1. The lowest BCUT2D eigenvalue weighted by Gasteiger charge is -2.06. The number of benzene rings is 1. The fourth-order valence-corrected chi connectivity index (χ4v) is 6.38. The lowest BCUT2D eigenvalue weighted by atomic mass is 10.1. The van der Waals surface area contributed by atoms with Gasteiger partial charge in [0.05, 0.1) is 11.1 Å². The van der Waals surface area contributed by atoms with E-state index in [2.05, 4.69) is 10.2 Å². The van der Waals surface area contributed by atoms with E-state index in [-0.39, 0.29) is 11.5 Å². The van der Waals surface area contributed by atoms with E-state index in [0.717, 1.165) is 33.9 Å². The van der Waals surface area contributed by atoms with Gasteiger partial charge < -0.3 is 0 Å². The zero-order valence-corrected chi connectivity index (χ0v) is 18.1. The number of halogens is 1. The number of thioether (sulfide) groups is 2. The molecule has 0 unspecified atom stereocenters. The molecule has 0 saturated heterocycles. The van der Waals surface area contributed by atoms with Gasteiger partial charge in [0.2, 0.25) is 0 Å². The number of carbonyl (C=O) groups excluding carboxylic acids is 1. The number of rotatable bonds is 5. The van der Waals surface area contributed by atoms with Gasteiger partial charge in [0.1, 0.15) is 4.83 Å². The van der Waals surface area contributed by atoms with Crippen LogP contribution in [0.2, 0.25) is 5.02 Å². The largest absolute Gasteiger partial charge is 0.293 e. The quantitative estimate of drug-likeness (QED) is 0.239. The standard InChI is InChI=1S/C19H15ClN4OS3/c1-26-18-21-17-15(12-3-2-4-14(12)28-17)16-22-23-19(24(16)18)27-9-13(25)10-5-7-11(20)8-6-10/h5-8H,2-4,9H2,1H3. The molecule has 0 radical (unpaired) electrons. The highest BCUT2D eigenvalue weighted by Gasteiger charge is 2.24. The minimum absolute atomic E-state index is 0.0366. The van der Waals surface area contributed by atoms with Gasteiger partial charge in [-0.25, -0.2) is 9.38 Å². The molecule has 0 bridgehead atoms. The maximum absolute atomic E-state index is 12.5. The van der Waals surface area contributed by atoms with Gasteiger partial charge >= 0.3 is 0 Å². The Morgan fingerprint density at radius 1 is 1.21 bits per heavy atom. The van der Waals surface area contributed by atoms with Crippen LogP contribution in [0, 0.1) is 0 Å². The highest BCUT2D eigenvalue weighted by molar-refractivity contribution is 8.00. The summed E-state index contributed by atoms with van der Waals surface area (Å²) in [5, 5.41) is 12.2. The van der Waals surface area contributed by atoms with Gasteiger partial charge in [-0.1, -0.05) is 35.1 Å². The first-order valence-corrected chi connectivity index (χ1v) is 12.2. The summed E-state index contributed by atoms with van der Waals surface area (Å²) in [6.07, 6.45) is 5.40. The second-order valence-electron chi connectivity index (χ2n) is 6.50. The molecule has 0 fully saturated rings. The first-order chi connectivity index (χ1) is 13.7. The summed E-state index contributed by atoms with van der Waals surface area (Å²) in [5.41, 5.74) is 2.88. The molecule has 1 aromatic carbocycles. The summed E-state index contributed by atoms with van der Waals surface area (Å²) in [7, 11) is 0. The predicted molar refractivity (Wildman–Crippen MR) is 116 cm³/mol. The third-order valence-corrected chi connectivity index (χ3v) is 7.83. The van der Waals surface area contributed by atoms with Crippen LogP contribution in [-0.2, 0) is 12.8 Å². The maximum Gasteiger partial charge on any atom is 0.198 e. The molecule has 4 aromatic rings. The molecule has 0 saturated carbocycles. The molecule has 1 aliphatic rings. The Morgan fingerprint density at radius 3 is 2.82 bits per heavy atom. The molecule has 1 aliphatic carbocycles. The number of aryl methyl sites for hydroxylation is 2. The summed E-state index contributed by atoms with van der Waals surface area (Å²) in [6.45, 7) is 0. The zero-order chi connectivity index (χ0) is 19.3. The second-order valence-corrected chi connectivity index (χ2v) is 9.73. The van der Waals surface area contributed by atoms with Gasteiger partial charge in [-0.15, -0.1) is 21.5 Å². The van der Waals surface area contributed by atoms with Crippen LogP contribution in [0.4, 0.5) is 0 Å². The number of hydrogen-bond donors (Lipinski definition) is 0. The van der Waals surface area contributed by atoms with Crippen LogP contribution < -0.4 is 0 Å². The molecule has 0 atom stereocenters. The fourth-order valence-electron chi connectivity index (χ4n) is 3.52. The van der Waals surface area contributed by atoms with Gasteiger partial charge in [-0.2, -0.15) is 0 Å². The monoisotopic (exact) mass is 446 g/mol. The molecule has 0 N–H and O–H groups in total. The van der Waals surface area contributed by atoms with Gasteiger partial charge in [0, 0.05) is 15.5 Å². The van der Waals surface area contributed by atoms with E-state index >= 15 is 0 Å². The van der Waals surface area contributed by atoms with Crippen LogP contribution >= 0.6 is 46.5 Å². The SMILES string of the molecule is CSc1nc2sc3c(c2c2nnc(SCC(=O)c4ccc(Cl)cc4)n12)CCC3. The molecule has 0 spiro atoms. The number of aromatic nitrogens is 4. The van der Waals surface area contributed by atoms with E-state index < -0.39 is 0 Å². The summed E-state index contributed by atoms with van der Waals surface area (Å²) in [4.78, 5) is 19.9. The van der Waals surface area contributed by atoms with E-state index in [1.807, 2.05) is 10.7 Å². The molecule has 0 aliphatic heterocycles. The minimum atomic E-state index is 0.0366. The van der Waals surface area contributed by atoms with Gasteiger partial charge in [0.15, 0.2) is 21.7 Å². The van der Waals surface area contributed by atoms with Crippen LogP contribution in [0.25, 0.3) is 15.9 Å². The summed E-state index contributed by atoms with van der Waals surface area (Å²) < 4.78 is 2.00. The molecule has 28 heavy (non-hydrogen) atoms. The number of ketones is 1. The summed E-state index contributed by atoms with van der Waals surface area (Å²) >= 11 is 10.6. The fraction of sp³-hybridized carbons (Fsp3) is 0.263. The van der Waals surface area contributed by atoms with Crippen LogP contribution in [0.3, 0.4) is 0 Å². The number of hydrogen-bond acceptors (Lipinski definition) is 7. The summed E-state index contributed by atoms with van der Waals surface area (Å²) in [6, 6.07) is 6.96. The third kappa shape index (κ3) is 3.03. The number of nitrogens with zero attached hydrogens (tertiary/aromatic N) is 4. The maximum atomic E-state index is 12.5. The van der Waals surface area contributed by atoms with Crippen molar-refractivity contribution in [2.45, 2.75) is 29.6 Å². The highest BCUT2D eigenvalue weighted by Crippen LogP contribution is 2.40. The van der Waals surface area contributed by atoms with Crippen molar-refractivity contribution in [1.82, 2.24) is 19.6 Å². The van der Waals surface area contributed by atoms with Crippen molar-refractivity contribution in [3.63, 3.8) is 0 Å². The average Bonchev–Trinajstić information content (AvgIpc) is 3.39. The first-order valence-electron chi connectivity index (χ1n) is 8.80. The Kier molecular flexibility index (Phi) is 4.82. The average molecular weight is 447 g/mol. The Labute approximate surface area is 178 Å². The molecule has 142 valence electrons. The molecule has 5 rings (SSSR count). The lowest BCUT2D eigenvalue weighted by Crippen LogP contribution is -2.04. The molecule has 3 heterocycles. The van der Waals surface area contributed by atoms with Crippen LogP contribution in [-0.4, -0.2) is 37.4 Å². The second kappa shape index (κ2) is 7.33. The number of fused-ring (bicyclic) bond motifs is 5. The van der Waals surface area contributed by atoms with Crippen molar-refractivity contribution in [1.29, 1.82) is 0 Å². The van der Waals surface area contributed by atoms with E-state index in [1.165, 1.54) is 28.6 Å². The van der Waals surface area contributed by atoms with E-state index in [1.54, 1.807) is 47.4 Å². The van der Waals surface area contributed by atoms with Crippen molar-refractivity contribution in [2.24, 2.45) is 0 Å². The normalized spacial score (nSPS) is 13.5. The Bertz CT molecular complexity index is 1220. The van der Waals surface area contributed by atoms with Crippen LogP contribution in [0.5, 0.6) is 0 Å². The van der Waals surface area contributed by atoms with Crippen molar-refractivity contribution in [3.05, 3.63) is 45.3 Å². The van der Waals surface area contributed by atoms with E-state index in [9.17, 15) is 4.79 Å². The van der Waals surface area contributed by atoms with Gasteiger partial charge in [0.25, 0.3) is 0 Å². The van der Waals surface area contributed by atoms with Crippen LogP contribution in [0.1, 0.15) is 27.2 Å². The van der Waals surface area contributed by atoms with Crippen molar-refractivity contribution in [3.8, 4) is 0 Å². The Hall–Kier alpha value is -1.61. The first kappa shape index (κ1) is 18.4. The molecule has 3 aromatic heterocycles. The molecular weight excluding hydrogens is 432 g/mol. The minimum Gasteiger partial charge on any atom is -0.293 e. The van der Waals surface area contributed by atoms with Crippen molar-refractivity contribution < 1.29 is 4.79 Å². The Morgan fingerprint density at radius 2 is 2.04 bits per heavy atom. The molecule has 0 amide bonds. The summed E-state index contributed by atoms with van der Waals surface area (Å²) in [5.74, 6) is 0.324. The number of Topliss-reactive ketones (excluding diaryl/α,β-unsaturated/α-hetero) is 1. The molecular formula is C19H15ClN4OS3. The highest BCUT2D eigenvalue weighted by atomic mass is 35.5. The third-order valence-electron chi connectivity index (χ3n) is 4.83. The Balaban J connectivity index is 1.52. The van der Waals surface area contributed by atoms with E-state index in [0.29, 0.717) is 15.7 Å².